The number of fused-ring (bicyclic) bond motifs is 1. The monoisotopic (exact) mass is 464 g/mol. The molecule has 2 aromatic heterocycles. The van der Waals surface area contributed by atoms with E-state index in [4.69, 9.17) is 4.98 Å². The predicted molar refractivity (Wildman–Crippen MR) is 131 cm³/mol. The van der Waals surface area contributed by atoms with E-state index >= 15 is 0 Å². The minimum atomic E-state index is -0.118. The van der Waals surface area contributed by atoms with Gasteiger partial charge in [-0.3, -0.25) is 4.79 Å². The molecule has 0 radical (unpaired) electrons. The van der Waals surface area contributed by atoms with Gasteiger partial charge in [-0.25, -0.2) is 9.78 Å². The van der Waals surface area contributed by atoms with E-state index in [-0.39, 0.29) is 24.0 Å². The SMILES string of the molecule is C=C1C/C(=C\c2cnn3c(NC4CC4)cc(NC4CCC(NC(=O)N(C)C)CC4)nc23)C(=O)N1. The fraction of sp³-hybridized carbons (Fsp3) is 0.500. The number of nitrogens with one attached hydrogen (secondary N) is 4. The minimum Gasteiger partial charge on any atom is -0.367 e. The number of hydrogen-bond acceptors (Lipinski definition) is 6. The highest BCUT2D eigenvalue weighted by molar-refractivity contribution is 6.02. The maximum absolute atomic E-state index is 12.2. The summed E-state index contributed by atoms with van der Waals surface area (Å²) in [4.78, 5) is 30.6. The van der Waals surface area contributed by atoms with Crippen molar-refractivity contribution >= 4 is 35.3 Å². The maximum Gasteiger partial charge on any atom is 0.317 e. The molecule has 10 heteroatoms. The summed E-state index contributed by atoms with van der Waals surface area (Å²) in [5.74, 6) is 1.57. The van der Waals surface area contributed by atoms with Gasteiger partial charge in [0.25, 0.3) is 5.91 Å². The van der Waals surface area contributed by atoms with Gasteiger partial charge >= 0.3 is 6.03 Å². The standard InChI is InChI=1S/C24H32N8O2/c1-14-10-15(23(33)26-14)11-16-13-25-32-21(28-18-6-7-18)12-20(30-22(16)32)27-17-4-8-19(9-5-17)29-24(34)31(2)3/h11-13,17-19,28H,1,4-10H2,2-3H3,(H,26,33)(H,27,30)(H,29,34)/b15-11+. The fourth-order valence-electron chi connectivity index (χ4n) is 4.49. The van der Waals surface area contributed by atoms with Gasteiger partial charge in [0.15, 0.2) is 5.65 Å². The van der Waals surface area contributed by atoms with E-state index in [9.17, 15) is 9.59 Å². The number of hydrogen-bond donors (Lipinski definition) is 4. The first-order valence-electron chi connectivity index (χ1n) is 11.9. The molecule has 0 spiro atoms. The van der Waals surface area contributed by atoms with Gasteiger partial charge in [0, 0.05) is 61.5 Å². The number of carbonyl (C=O) groups excluding carboxylic acids is 2. The van der Waals surface area contributed by atoms with E-state index in [0.29, 0.717) is 29.4 Å². The molecule has 1 aliphatic heterocycles. The van der Waals surface area contributed by atoms with Crippen LogP contribution in [0.25, 0.3) is 11.7 Å². The first-order chi connectivity index (χ1) is 16.4. The second-order valence-corrected chi connectivity index (χ2v) is 9.72. The summed E-state index contributed by atoms with van der Waals surface area (Å²) in [6.07, 6.45) is 10.2. The fourth-order valence-corrected chi connectivity index (χ4v) is 4.49. The quantitative estimate of drug-likeness (QED) is 0.489. The summed E-state index contributed by atoms with van der Waals surface area (Å²) in [7, 11) is 3.52. The van der Waals surface area contributed by atoms with Crippen molar-refractivity contribution in [2.24, 2.45) is 0 Å². The van der Waals surface area contributed by atoms with Crippen molar-refractivity contribution in [3.05, 3.63) is 35.7 Å². The molecule has 2 aromatic rings. The van der Waals surface area contributed by atoms with Gasteiger partial charge in [0.1, 0.15) is 11.6 Å². The van der Waals surface area contributed by atoms with Crippen molar-refractivity contribution < 1.29 is 9.59 Å². The average molecular weight is 465 g/mol. The molecule has 3 fully saturated rings. The minimum absolute atomic E-state index is 0.0405. The van der Waals surface area contributed by atoms with E-state index < -0.39 is 0 Å². The molecule has 1 saturated heterocycles. The summed E-state index contributed by atoms with van der Waals surface area (Å²) in [6.45, 7) is 3.85. The highest BCUT2D eigenvalue weighted by Gasteiger charge is 2.26. The van der Waals surface area contributed by atoms with E-state index in [0.717, 1.165) is 55.7 Å². The lowest BCUT2D eigenvalue weighted by Crippen LogP contribution is -2.44. The topological polar surface area (TPSA) is 116 Å². The normalized spacial score (nSPS) is 23.8. The third-order valence-corrected chi connectivity index (χ3v) is 6.56. The first kappa shape index (κ1) is 22.2. The van der Waals surface area contributed by atoms with Crippen LogP contribution in [-0.2, 0) is 4.79 Å². The van der Waals surface area contributed by atoms with Gasteiger partial charge in [-0.05, 0) is 44.6 Å². The Hall–Kier alpha value is -3.56. The molecule has 0 aromatic carbocycles. The Kier molecular flexibility index (Phi) is 5.89. The van der Waals surface area contributed by atoms with Crippen LogP contribution in [0.5, 0.6) is 0 Å². The van der Waals surface area contributed by atoms with Crippen molar-refractivity contribution in [2.45, 2.75) is 63.1 Å². The Morgan fingerprint density at radius 1 is 1.15 bits per heavy atom. The van der Waals surface area contributed by atoms with Crippen LogP contribution >= 0.6 is 0 Å². The van der Waals surface area contributed by atoms with E-state index in [1.54, 1.807) is 25.2 Å². The summed E-state index contributed by atoms with van der Waals surface area (Å²) in [5, 5.41) is 17.5. The second kappa shape index (κ2) is 9.00. The lowest BCUT2D eigenvalue weighted by Gasteiger charge is -2.30. The molecule has 0 atom stereocenters. The Labute approximate surface area is 198 Å². The van der Waals surface area contributed by atoms with Crippen LogP contribution in [0.4, 0.5) is 16.4 Å². The zero-order chi connectivity index (χ0) is 23.8. The lowest BCUT2D eigenvalue weighted by atomic mass is 9.91. The highest BCUT2D eigenvalue weighted by Crippen LogP contribution is 2.29. The van der Waals surface area contributed by atoms with Gasteiger partial charge in [0.2, 0.25) is 0 Å². The van der Waals surface area contributed by atoms with Crippen LogP contribution in [-0.4, -0.2) is 63.7 Å². The summed E-state index contributed by atoms with van der Waals surface area (Å²) in [5.41, 5.74) is 2.88. The maximum atomic E-state index is 12.2. The van der Waals surface area contributed by atoms with Crippen molar-refractivity contribution in [1.82, 2.24) is 30.1 Å². The number of anilines is 2. The number of rotatable bonds is 6. The van der Waals surface area contributed by atoms with Crippen LogP contribution in [0, 0.1) is 0 Å². The summed E-state index contributed by atoms with van der Waals surface area (Å²) >= 11 is 0. The number of urea groups is 1. The Morgan fingerprint density at radius 2 is 1.82 bits per heavy atom. The van der Waals surface area contributed by atoms with E-state index in [2.05, 4.69) is 32.9 Å². The third kappa shape index (κ3) is 4.85. The number of allylic oxidation sites excluding steroid dienone is 1. The molecule has 0 unspecified atom stereocenters. The molecule has 10 nitrogen and oxygen atoms in total. The van der Waals surface area contributed by atoms with Crippen LogP contribution < -0.4 is 21.3 Å². The third-order valence-electron chi connectivity index (χ3n) is 6.56. The molecule has 4 N–H and O–H groups in total. The summed E-state index contributed by atoms with van der Waals surface area (Å²) in [6, 6.07) is 2.92. The van der Waals surface area contributed by atoms with Crippen LogP contribution in [0.2, 0.25) is 0 Å². The number of carbonyl (C=O) groups is 2. The molecular weight excluding hydrogens is 432 g/mol. The van der Waals surface area contributed by atoms with E-state index in [1.165, 1.54) is 0 Å². The predicted octanol–water partition coefficient (Wildman–Crippen LogP) is 2.71. The van der Waals surface area contributed by atoms with Crippen LogP contribution in [0.3, 0.4) is 0 Å². The smallest absolute Gasteiger partial charge is 0.317 e. The Morgan fingerprint density at radius 3 is 2.47 bits per heavy atom. The Balaban J connectivity index is 1.35. The van der Waals surface area contributed by atoms with Crippen molar-refractivity contribution in [3.63, 3.8) is 0 Å². The van der Waals surface area contributed by atoms with Crippen LogP contribution in [0.1, 0.15) is 50.5 Å². The van der Waals surface area contributed by atoms with Crippen molar-refractivity contribution in [1.29, 1.82) is 0 Å². The zero-order valence-corrected chi connectivity index (χ0v) is 19.7. The summed E-state index contributed by atoms with van der Waals surface area (Å²) < 4.78 is 1.81. The molecule has 180 valence electrons. The molecule has 0 bridgehead atoms. The molecule has 3 amide bonds. The van der Waals surface area contributed by atoms with Crippen molar-refractivity contribution in [2.75, 3.05) is 24.7 Å². The molecular formula is C24H32N8O2. The molecule has 34 heavy (non-hydrogen) atoms. The van der Waals surface area contributed by atoms with Crippen molar-refractivity contribution in [3.8, 4) is 0 Å². The number of amides is 3. The van der Waals surface area contributed by atoms with Gasteiger partial charge in [0.05, 0.1) is 6.20 Å². The van der Waals surface area contributed by atoms with Gasteiger partial charge < -0.3 is 26.2 Å². The van der Waals surface area contributed by atoms with Crippen LogP contribution in [0.15, 0.2) is 30.1 Å². The first-order valence-corrected chi connectivity index (χ1v) is 11.9. The van der Waals surface area contributed by atoms with Gasteiger partial charge in [-0.1, -0.05) is 6.58 Å². The molecule has 2 saturated carbocycles. The largest absolute Gasteiger partial charge is 0.367 e. The Bertz CT molecular complexity index is 1160. The molecule has 3 heterocycles. The molecule has 2 aliphatic carbocycles. The number of aromatic nitrogens is 3. The second-order valence-electron chi connectivity index (χ2n) is 9.72. The highest BCUT2D eigenvalue weighted by atomic mass is 16.2. The molecule has 3 aliphatic rings. The van der Waals surface area contributed by atoms with Gasteiger partial charge in [-0.15, -0.1) is 0 Å². The number of nitrogens with zero attached hydrogens (tertiary/aromatic N) is 4. The lowest BCUT2D eigenvalue weighted by molar-refractivity contribution is -0.115. The van der Waals surface area contributed by atoms with E-state index in [1.807, 2.05) is 16.7 Å². The van der Waals surface area contributed by atoms with Gasteiger partial charge in [-0.2, -0.15) is 9.61 Å². The molecule has 5 rings (SSSR count). The average Bonchev–Trinajstić information content (AvgIpc) is 3.43. The zero-order valence-electron chi connectivity index (χ0n) is 19.7.